The van der Waals surface area contributed by atoms with Crippen LogP contribution in [0.25, 0.3) is 0 Å². The van der Waals surface area contributed by atoms with Crippen molar-refractivity contribution < 1.29 is 4.74 Å². The second kappa shape index (κ2) is 6.65. The summed E-state index contributed by atoms with van der Waals surface area (Å²) in [6.07, 6.45) is 1.26. The molecule has 1 aliphatic rings. The van der Waals surface area contributed by atoms with Crippen molar-refractivity contribution in [2.75, 3.05) is 38.7 Å². The Morgan fingerprint density at radius 1 is 1.50 bits per heavy atom. The predicted molar refractivity (Wildman–Crippen MR) is 60.9 cm³/mol. The lowest BCUT2D eigenvalue weighted by Crippen LogP contribution is -2.26. The highest BCUT2D eigenvalue weighted by Crippen LogP contribution is 2.16. The fourth-order valence-corrected chi connectivity index (χ4v) is 2.01. The van der Waals surface area contributed by atoms with E-state index < -0.39 is 0 Å². The van der Waals surface area contributed by atoms with Crippen molar-refractivity contribution in [3.63, 3.8) is 0 Å². The molecule has 0 aromatic carbocycles. The molecule has 14 heavy (non-hydrogen) atoms. The Morgan fingerprint density at radius 2 is 2.29 bits per heavy atom. The third-order valence-electron chi connectivity index (χ3n) is 2.59. The minimum atomic E-state index is 0.643. The van der Waals surface area contributed by atoms with Gasteiger partial charge in [0.05, 0.1) is 6.61 Å². The quantitative estimate of drug-likeness (QED) is 0.502. The zero-order valence-electron chi connectivity index (χ0n) is 9.34. The Balaban J connectivity index is 1.97. The van der Waals surface area contributed by atoms with Gasteiger partial charge in [-0.05, 0) is 24.8 Å². The monoisotopic (exact) mass is 219 g/mol. The molecular formula is C11H22ClNO. The van der Waals surface area contributed by atoms with Crippen molar-refractivity contribution >= 4 is 11.6 Å². The summed E-state index contributed by atoms with van der Waals surface area (Å²) < 4.78 is 5.55. The molecular weight excluding hydrogens is 198 g/mol. The summed E-state index contributed by atoms with van der Waals surface area (Å²) in [6, 6.07) is 0. The van der Waals surface area contributed by atoms with E-state index in [2.05, 4.69) is 18.7 Å². The largest absolute Gasteiger partial charge is 0.380 e. The highest BCUT2D eigenvalue weighted by atomic mass is 35.5. The van der Waals surface area contributed by atoms with Gasteiger partial charge in [-0.1, -0.05) is 13.8 Å². The van der Waals surface area contributed by atoms with Gasteiger partial charge in [-0.15, -0.1) is 11.6 Å². The van der Waals surface area contributed by atoms with Gasteiger partial charge in [-0.25, -0.2) is 0 Å². The van der Waals surface area contributed by atoms with Crippen molar-refractivity contribution in [2.24, 2.45) is 11.8 Å². The maximum atomic E-state index is 5.82. The maximum absolute atomic E-state index is 5.82. The molecule has 1 atom stereocenters. The fourth-order valence-electron chi connectivity index (χ4n) is 1.75. The summed E-state index contributed by atoms with van der Waals surface area (Å²) in [5, 5.41) is 0. The Kier molecular flexibility index (Phi) is 5.83. The van der Waals surface area contributed by atoms with E-state index in [0.717, 1.165) is 32.2 Å². The molecule has 0 N–H and O–H groups in total. The Hall–Kier alpha value is 0.210. The van der Waals surface area contributed by atoms with E-state index in [1.165, 1.54) is 13.0 Å². The summed E-state index contributed by atoms with van der Waals surface area (Å²) in [6.45, 7) is 9.54. The Morgan fingerprint density at radius 3 is 2.86 bits per heavy atom. The van der Waals surface area contributed by atoms with Crippen LogP contribution in [-0.2, 0) is 4.74 Å². The van der Waals surface area contributed by atoms with Crippen LogP contribution in [0.1, 0.15) is 20.3 Å². The van der Waals surface area contributed by atoms with Crippen LogP contribution in [0.2, 0.25) is 0 Å². The van der Waals surface area contributed by atoms with Gasteiger partial charge in [0.1, 0.15) is 0 Å². The summed E-state index contributed by atoms with van der Waals surface area (Å²) in [4.78, 5) is 2.45. The smallest absolute Gasteiger partial charge is 0.0593 e. The van der Waals surface area contributed by atoms with Crippen molar-refractivity contribution in [2.45, 2.75) is 20.3 Å². The van der Waals surface area contributed by atoms with Gasteiger partial charge in [0.2, 0.25) is 0 Å². The molecule has 0 aromatic heterocycles. The molecule has 1 rings (SSSR count). The van der Waals surface area contributed by atoms with Gasteiger partial charge in [0.25, 0.3) is 0 Å². The second-order valence-electron chi connectivity index (χ2n) is 4.58. The molecule has 2 nitrogen and oxygen atoms in total. The maximum Gasteiger partial charge on any atom is 0.0593 e. The lowest BCUT2D eigenvalue weighted by Gasteiger charge is -2.15. The highest BCUT2D eigenvalue weighted by Gasteiger charge is 2.20. The van der Waals surface area contributed by atoms with Gasteiger partial charge in [0.15, 0.2) is 0 Å². The molecule has 1 heterocycles. The van der Waals surface area contributed by atoms with Crippen LogP contribution in [0, 0.1) is 11.8 Å². The summed E-state index contributed by atoms with van der Waals surface area (Å²) in [5.74, 6) is 2.16. The SMILES string of the molecule is CC(C)COCCN1CCC(CCl)C1. The molecule has 0 spiro atoms. The molecule has 0 saturated carbocycles. The van der Waals surface area contributed by atoms with E-state index in [1.54, 1.807) is 0 Å². The second-order valence-corrected chi connectivity index (χ2v) is 4.89. The lowest BCUT2D eigenvalue weighted by molar-refractivity contribution is 0.0905. The van der Waals surface area contributed by atoms with E-state index in [0.29, 0.717) is 11.8 Å². The number of hydrogen-bond acceptors (Lipinski definition) is 2. The van der Waals surface area contributed by atoms with Crippen LogP contribution < -0.4 is 0 Å². The average Bonchev–Trinajstić information content (AvgIpc) is 2.60. The minimum absolute atomic E-state index is 0.643. The molecule has 0 radical (unpaired) electrons. The first kappa shape index (κ1) is 12.3. The van der Waals surface area contributed by atoms with Gasteiger partial charge >= 0.3 is 0 Å². The van der Waals surface area contributed by atoms with E-state index in [1.807, 2.05) is 0 Å². The zero-order chi connectivity index (χ0) is 10.4. The molecule has 1 fully saturated rings. The molecule has 1 saturated heterocycles. The normalized spacial score (nSPS) is 23.6. The van der Waals surface area contributed by atoms with E-state index in [4.69, 9.17) is 16.3 Å². The van der Waals surface area contributed by atoms with E-state index in [9.17, 15) is 0 Å². The van der Waals surface area contributed by atoms with Gasteiger partial charge in [-0.3, -0.25) is 0 Å². The lowest BCUT2D eigenvalue weighted by atomic mass is 10.2. The van der Waals surface area contributed by atoms with Crippen LogP contribution >= 0.6 is 11.6 Å². The molecule has 0 amide bonds. The van der Waals surface area contributed by atoms with Crippen LogP contribution in [0.4, 0.5) is 0 Å². The molecule has 0 aliphatic carbocycles. The molecule has 3 heteroatoms. The van der Waals surface area contributed by atoms with Gasteiger partial charge < -0.3 is 9.64 Å². The first-order valence-electron chi connectivity index (χ1n) is 5.58. The fraction of sp³-hybridized carbons (Fsp3) is 1.00. The van der Waals surface area contributed by atoms with Crippen molar-refractivity contribution in [1.82, 2.24) is 4.90 Å². The van der Waals surface area contributed by atoms with Crippen LogP contribution in [0.3, 0.4) is 0 Å². The van der Waals surface area contributed by atoms with Crippen LogP contribution in [0.5, 0.6) is 0 Å². The summed E-state index contributed by atoms with van der Waals surface area (Å²) in [7, 11) is 0. The standard InChI is InChI=1S/C11H22ClNO/c1-10(2)9-14-6-5-13-4-3-11(7-12)8-13/h10-11H,3-9H2,1-2H3. The van der Waals surface area contributed by atoms with Crippen LogP contribution in [-0.4, -0.2) is 43.6 Å². The number of alkyl halides is 1. The number of hydrogen-bond donors (Lipinski definition) is 0. The first-order valence-corrected chi connectivity index (χ1v) is 6.12. The van der Waals surface area contributed by atoms with Crippen LogP contribution in [0.15, 0.2) is 0 Å². The molecule has 0 aromatic rings. The zero-order valence-corrected chi connectivity index (χ0v) is 10.1. The van der Waals surface area contributed by atoms with Crippen molar-refractivity contribution in [3.05, 3.63) is 0 Å². The topological polar surface area (TPSA) is 12.5 Å². The summed E-state index contributed by atoms with van der Waals surface area (Å²) >= 11 is 5.82. The third-order valence-corrected chi connectivity index (χ3v) is 3.03. The van der Waals surface area contributed by atoms with Crippen molar-refractivity contribution in [3.8, 4) is 0 Å². The number of halogens is 1. The third kappa shape index (κ3) is 4.63. The summed E-state index contributed by atoms with van der Waals surface area (Å²) in [5.41, 5.74) is 0. The highest BCUT2D eigenvalue weighted by molar-refractivity contribution is 6.18. The van der Waals surface area contributed by atoms with Gasteiger partial charge in [-0.2, -0.15) is 0 Å². The number of rotatable bonds is 6. The van der Waals surface area contributed by atoms with E-state index >= 15 is 0 Å². The van der Waals surface area contributed by atoms with Crippen molar-refractivity contribution in [1.29, 1.82) is 0 Å². The first-order chi connectivity index (χ1) is 6.72. The number of likely N-dealkylation sites (tertiary alicyclic amines) is 1. The molecule has 1 aliphatic heterocycles. The molecule has 84 valence electrons. The Labute approximate surface area is 92.6 Å². The predicted octanol–water partition coefficient (Wildman–Crippen LogP) is 2.22. The number of ether oxygens (including phenoxy) is 1. The minimum Gasteiger partial charge on any atom is -0.380 e. The average molecular weight is 220 g/mol. The van der Waals surface area contributed by atoms with Gasteiger partial charge in [0, 0.05) is 25.6 Å². The molecule has 0 bridgehead atoms. The molecule has 1 unspecified atom stereocenters. The Bertz CT molecular complexity index is 152. The number of nitrogens with zero attached hydrogens (tertiary/aromatic N) is 1. The van der Waals surface area contributed by atoms with E-state index in [-0.39, 0.29) is 0 Å².